The average molecular weight is 676 g/mol. The van der Waals surface area contributed by atoms with E-state index in [0.717, 1.165) is 28.2 Å². The molecule has 0 aromatic heterocycles. The van der Waals surface area contributed by atoms with E-state index >= 15 is 0 Å². The van der Waals surface area contributed by atoms with Crippen LogP contribution in [0.15, 0.2) is 224 Å². The van der Waals surface area contributed by atoms with Crippen LogP contribution < -0.4 is 4.90 Å². The van der Waals surface area contributed by atoms with Crippen molar-refractivity contribution in [1.29, 1.82) is 0 Å². The molecule has 9 aromatic rings. The van der Waals surface area contributed by atoms with E-state index in [1.54, 1.807) is 0 Å². The minimum Gasteiger partial charge on any atom is -0.309 e. The smallest absolute Gasteiger partial charge is 0.0540 e. The van der Waals surface area contributed by atoms with Gasteiger partial charge >= 0.3 is 0 Å². The number of rotatable bonds is 8. The van der Waals surface area contributed by atoms with Crippen LogP contribution in [0.2, 0.25) is 0 Å². The molecule has 250 valence electrons. The second kappa shape index (κ2) is 14.3. The molecule has 0 aliphatic heterocycles. The molecule has 0 saturated heterocycles. The first kappa shape index (κ1) is 32.0. The zero-order valence-corrected chi connectivity index (χ0v) is 29.3. The van der Waals surface area contributed by atoms with E-state index in [0.29, 0.717) is 0 Å². The van der Waals surface area contributed by atoms with Crippen molar-refractivity contribution in [2.45, 2.75) is 0 Å². The SMILES string of the molecule is c1ccc(-c2ccc(N(c3ccccc3-c3cccc(-c4ccccc4)c3)c3ccccc3-c3cccc(-c4cccc5ccccc45)c3)cc2)cc1. The van der Waals surface area contributed by atoms with Gasteiger partial charge in [0, 0.05) is 16.8 Å². The van der Waals surface area contributed by atoms with Crippen LogP contribution in [0.1, 0.15) is 0 Å². The van der Waals surface area contributed by atoms with Crippen LogP contribution in [-0.2, 0) is 0 Å². The molecule has 53 heavy (non-hydrogen) atoms. The van der Waals surface area contributed by atoms with E-state index in [-0.39, 0.29) is 0 Å². The molecule has 0 aliphatic rings. The first-order valence-electron chi connectivity index (χ1n) is 18.2. The summed E-state index contributed by atoms with van der Waals surface area (Å²) in [5.41, 5.74) is 15.2. The third-order valence-electron chi connectivity index (χ3n) is 10.1. The molecule has 0 bridgehead atoms. The maximum absolute atomic E-state index is 2.43. The van der Waals surface area contributed by atoms with Crippen molar-refractivity contribution in [2.24, 2.45) is 0 Å². The maximum atomic E-state index is 2.43. The van der Waals surface area contributed by atoms with Crippen molar-refractivity contribution >= 4 is 27.8 Å². The van der Waals surface area contributed by atoms with Crippen molar-refractivity contribution in [2.75, 3.05) is 4.90 Å². The van der Waals surface area contributed by atoms with Crippen LogP contribution in [0.4, 0.5) is 17.1 Å². The van der Waals surface area contributed by atoms with Crippen LogP contribution in [-0.4, -0.2) is 0 Å². The Kier molecular flexibility index (Phi) is 8.66. The van der Waals surface area contributed by atoms with Gasteiger partial charge in [-0.15, -0.1) is 0 Å². The molecule has 0 heterocycles. The summed E-state index contributed by atoms with van der Waals surface area (Å²) >= 11 is 0. The molecule has 0 atom stereocenters. The van der Waals surface area contributed by atoms with Crippen LogP contribution in [0.5, 0.6) is 0 Å². The van der Waals surface area contributed by atoms with Crippen molar-refractivity contribution in [3.8, 4) is 55.6 Å². The predicted molar refractivity (Wildman–Crippen MR) is 226 cm³/mol. The number of benzene rings is 9. The van der Waals surface area contributed by atoms with Crippen LogP contribution in [0.25, 0.3) is 66.4 Å². The summed E-state index contributed by atoms with van der Waals surface area (Å²) in [6.07, 6.45) is 0. The molecular formula is C52H37N. The lowest BCUT2D eigenvalue weighted by Crippen LogP contribution is -2.12. The third kappa shape index (κ3) is 6.42. The topological polar surface area (TPSA) is 3.24 Å². The molecule has 0 fully saturated rings. The highest BCUT2D eigenvalue weighted by Crippen LogP contribution is 2.46. The molecule has 0 unspecified atom stereocenters. The predicted octanol–water partition coefficient (Wildman–Crippen LogP) is 14.6. The second-order valence-electron chi connectivity index (χ2n) is 13.3. The summed E-state index contributed by atoms with van der Waals surface area (Å²) in [7, 11) is 0. The molecule has 0 amide bonds. The van der Waals surface area contributed by atoms with Gasteiger partial charge in [-0.1, -0.05) is 188 Å². The minimum atomic E-state index is 1.09. The summed E-state index contributed by atoms with van der Waals surface area (Å²) in [5.74, 6) is 0. The first-order valence-corrected chi connectivity index (χ1v) is 18.2. The average Bonchev–Trinajstić information content (AvgIpc) is 3.25. The molecule has 0 radical (unpaired) electrons. The normalized spacial score (nSPS) is 11.0. The fourth-order valence-electron chi connectivity index (χ4n) is 7.50. The highest BCUT2D eigenvalue weighted by molar-refractivity contribution is 5.99. The summed E-state index contributed by atoms with van der Waals surface area (Å²) in [5, 5.41) is 2.50. The summed E-state index contributed by atoms with van der Waals surface area (Å²) in [6, 6.07) is 80.9. The molecule has 9 aromatic carbocycles. The molecule has 0 aliphatic carbocycles. The van der Waals surface area contributed by atoms with E-state index in [1.165, 1.54) is 55.3 Å². The Bertz CT molecular complexity index is 2650. The molecule has 9 rings (SSSR count). The van der Waals surface area contributed by atoms with Crippen molar-refractivity contribution in [3.05, 3.63) is 224 Å². The second-order valence-corrected chi connectivity index (χ2v) is 13.3. The Balaban J connectivity index is 1.22. The van der Waals surface area contributed by atoms with Gasteiger partial charge in [-0.3, -0.25) is 0 Å². The maximum Gasteiger partial charge on any atom is 0.0540 e. The lowest BCUT2D eigenvalue weighted by molar-refractivity contribution is 1.28. The van der Waals surface area contributed by atoms with E-state index in [9.17, 15) is 0 Å². The monoisotopic (exact) mass is 675 g/mol. The van der Waals surface area contributed by atoms with Gasteiger partial charge in [0.1, 0.15) is 0 Å². The Morgan fingerprint density at radius 1 is 0.245 bits per heavy atom. The van der Waals surface area contributed by atoms with Crippen molar-refractivity contribution < 1.29 is 0 Å². The zero-order chi connectivity index (χ0) is 35.4. The highest BCUT2D eigenvalue weighted by atomic mass is 15.1. The van der Waals surface area contributed by atoms with Gasteiger partial charge in [0.25, 0.3) is 0 Å². The van der Waals surface area contributed by atoms with E-state index < -0.39 is 0 Å². The number of para-hydroxylation sites is 2. The Labute approximate surface area is 311 Å². The lowest BCUT2D eigenvalue weighted by Gasteiger charge is -2.30. The summed E-state index contributed by atoms with van der Waals surface area (Å²) < 4.78 is 0. The fraction of sp³-hybridized carbons (Fsp3) is 0. The van der Waals surface area contributed by atoms with Crippen LogP contribution in [0.3, 0.4) is 0 Å². The number of nitrogens with zero attached hydrogens (tertiary/aromatic N) is 1. The van der Waals surface area contributed by atoms with Gasteiger partial charge in [-0.2, -0.15) is 0 Å². The van der Waals surface area contributed by atoms with Gasteiger partial charge in [-0.05, 0) is 91.7 Å². The van der Waals surface area contributed by atoms with Crippen LogP contribution in [0, 0.1) is 0 Å². The van der Waals surface area contributed by atoms with E-state index in [4.69, 9.17) is 0 Å². The van der Waals surface area contributed by atoms with Gasteiger partial charge in [0.15, 0.2) is 0 Å². The molecule has 1 heteroatoms. The fourth-order valence-corrected chi connectivity index (χ4v) is 7.50. The Morgan fingerprint density at radius 3 is 1.28 bits per heavy atom. The van der Waals surface area contributed by atoms with Gasteiger partial charge in [0.05, 0.1) is 11.4 Å². The van der Waals surface area contributed by atoms with Crippen molar-refractivity contribution in [1.82, 2.24) is 0 Å². The summed E-state index contributed by atoms with van der Waals surface area (Å²) in [4.78, 5) is 2.43. The summed E-state index contributed by atoms with van der Waals surface area (Å²) in [6.45, 7) is 0. The molecule has 0 N–H and O–H groups in total. The molecule has 1 nitrogen and oxygen atoms in total. The quantitative estimate of drug-likeness (QED) is 0.155. The minimum absolute atomic E-state index is 1.09. The zero-order valence-electron chi connectivity index (χ0n) is 29.3. The number of fused-ring (bicyclic) bond motifs is 1. The molecular weight excluding hydrogens is 639 g/mol. The number of hydrogen-bond acceptors (Lipinski definition) is 1. The lowest BCUT2D eigenvalue weighted by atomic mass is 9.93. The van der Waals surface area contributed by atoms with Crippen molar-refractivity contribution in [3.63, 3.8) is 0 Å². The Hall–Kier alpha value is -6.96. The third-order valence-corrected chi connectivity index (χ3v) is 10.1. The van der Waals surface area contributed by atoms with Crippen LogP contribution >= 0.6 is 0 Å². The van der Waals surface area contributed by atoms with Gasteiger partial charge in [0.2, 0.25) is 0 Å². The number of anilines is 3. The Morgan fingerprint density at radius 2 is 0.642 bits per heavy atom. The van der Waals surface area contributed by atoms with E-state index in [1.807, 2.05) is 0 Å². The van der Waals surface area contributed by atoms with Gasteiger partial charge in [-0.25, -0.2) is 0 Å². The highest BCUT2D eigenvalue weighted by Gasteiger charge is 2.21. The van der Waals surface area contributed by atoms with Gasteiger partial charge < -0.3 is 4.90 Å². The molecule has 0 spiro atoms. The number of hydrogen-bond donors (Lipinski definition) is 0. The van der Waals surface area contributed by atoms with E-state index in [2.05, 4.69) is 229 Å². The first-order chi connectivity index (χ1) is 26.3. The largest absolute Gasteiger partial charge is 0.309 e. The molecule has 0 saturated carbocycles. The standard InChI is InChI=1S/C52H37N/c1-3-16-38(17-4-1)40-32-34-46(35-33-40)53(51-30-11-9-27-49(51)44-24-13-22-42(36-44)39-18-5-2-6-19-39)52-31-12-10-28-50(52)45-25-14-23-43(37-45)48-29-15-21-41-20-7-8-26-47(41)48/h1-37H.